The molecule has 3 nitrogen and oxygen atoms in total. The monoisotopic (exact) mass is 217 g/mol. The number of fused-ring (bicyclic) bond motifs is 3. The lowest BCUT2D eigenvalue weighted by atomic mass is 10.1. The van der Waals surface area contributed by atoms with Crippen LogP contribution in [0.4, 0.5) is 5.95 Å². The average Bonchev–Trinajstić information content (AvgIpc) is 2.56. The smallest absolute Gasteiger partial charge is 0.220 e. The van der Waals surface area contributed by atoms with Gasteiger partial charge in [-0.1, -0.05) is 17.7 Å². The van der Waals surface area contributed by atoms with Crippen LogP contribution in [0.5, 0.6) is 0 Å². The van der Waals surface area contributed by atoms with E-state index in [4.69, 9.17) is 17.3 Å². The van der Waals surface area contributed by atoms with Crippen molar-refractivity contribution in [2.45, 2.75) is 6.42 Å². The molecule has 1 aliphatic rings. The number of anilines is 1. The Hall–Kier alpha value is -1.61. The van der Waals surface area contributed by atoms with Gasteiger partial charge in [0.05, 0.1) is 5.69 Å². The fourth-order valence-electron chi connectivity index (χ4n) is 1.91. The first-order valence-electron chi connectivity index (χ1n) is 4.64. The molecule has 0 unspecified atom stereocenters. The Labute approximate surface area is 91.9 Å². The molecule has 0 amide bonds. The number of nitrogens with zero attached hydrogens (tertiary/aromatic N) is 2. The summed E-state index contributed by atoms with van der Waals surface area (Å²) in [7, 11) is 0. The van der Waals surface area contributed by atoms with Crippen molar-refractivity contribution in [3.63, 3.8) is 0 Å². The molecular formula is C11H8ClN3. The van der Waals surface area contributed by atoms with Gasteiger partial charge >= 0.3 is 0 Å². The molecule has 0 saturated heterocycles. The molecule has 2 aromatic rings. The molecular weight excluding hydrogens is 210 g/mol. The topological polar surface area (TPSA) is 51.8 Å². The Balaban J connectivity index is 2.28. The Kier molecular flexibility index (Phi) is 1.70. The molecule has 0 spiro atoms. The van der Waals surface area contributed by atoms with Gasteiger partial charge in [0.15, 0.2) is 0 Å². The van der Waals surface area contributed by atoms with Gasteiger partial charge < -0.3 is 5.73 Å². The minimum absolute atomic E-state index is 0.307. The molecule has 1 heterocycles. The van der Waals surface area contributed by atoms with E-state index < -0.39 is 0 Å². The van der Waals surface area contributed by atoms with Crippen LogP contribution in [0.15, 0.2) is 24.4 Å². The minimum atomic E-state index is 0.307. The van der Waals surface area contributed by atoms with Gasteiger partial charge in [-0.15, -0.1) is 0 Å². The van der Waals surface area contributed by atoms with E-state index in [0.717, 1.165) is 28.3 Å². The van der Waals surface area contributed by atoms with Crippen LogP contribution in [-0.2, 0) is 6.42 Å². The molecule has 0 bridgehead atoms. The number of aromatic nitrogens is 2. The maximum Gasteiger partial charge on any atom is 0.220 e. The summed E-state index contributed by atoms with van der Waals surface area (Å²) in [5, 5.41) is 0.721. The highest BCUT2D eigenvalue weighted by molar-refractivity contribution is 6.30. The van der Waals surface area contributed by atoms with E-state index in [0.29, 0.717) is 5.95 Å². The summed E-state index contributed by atoms with van der Waals surface area (Å²) < 4.78 is 0. The van der Waals surface area contributed by atoms with Crippen molar-refractivity contribution in [1.29, 1.82) is 0 Å². The van der Waals surface area contributed by atoms with Crippen LogP contribution in [-0.4, -0.2) is 9.97 Å². The van der Waals surface area contributed by atoms with E-state index in [1.807, 2.05) is 18.2 Å². The van der Waals surface area contributed by atoms with Gasteiger partial charge in [-0.2, -0.15) is 0 Å². The molecule has 4 heteroatoms. The lowest BCUT2D eigenvalue weighted by Gasteiger charge is -2.00. The van der Waals surface area contributed by atoms with Gasteiger partial charge in [-0.05, 0) is 17.7 Å². The molecule has 0 atom stereocenters. The Morgan fingerprint density at radius 2 is 2.13 bits per heavy atom. The van der Waals surface area contributed by atoms with Crippen molar-refractivity contribution < 1.29 is 0 Å². The zero-order valence-electron chi connectivity index (χ0n) is 7.87. The average molecular weight is 218 g/mol. The van der Waals surface area contributed by atoms with Crippen LogP contribution < -0.4 is 5.73 Å². The predicted molar refractivity (Wildman–Crippen MR) is 59.7 cm³/mol. The lowest BCUT2D eigenvalue weighted by Crippen LogP contribution is -1.96. The van der Waals surface area contributed by atoms with Crippen molar-refractivity contribution in [1.82, 2.24) is 9.97 Å². The fraction of sp³-hybridized carbons (Fsp3) is 0.0909. The summed E-state index contributed by atoms with van der Waals surface area (Å²) in [6.45, 7) is 0. The molecule has 1 aliphatic carbocycles. The van der Waals surface area contributed by atoms with Crippen LogP contribution in [0.3, 0.4) is 0 Å². The van der Waals surface area contributed by atoms with Crippen molar-refractivity contribution in [3.8, 4) is 11.3 Å². The third-order valence-electron chi connectivity index (χ3n) is 2.59. The van der Waals surface area contributed by atoms with Crippen LogP contribution in [0.25, 0.3) is 11.3 Å². The molecule has 74 valence electrons. The molecule has 0 fully saturated rings. The molecule has 0 saturated carbocycles. The lowest BCUT2D eigenvalue weighted by molar-refractivity contribution is 1.14. The summed E-state index contributed by atoms with van der Waals surface area (Å²) in [4.78, 5) is 8.23. The van der Waals surface area contributed by atoms with Gasteiger partial charge in [0, 0.05) is 28.8 Å². The maximum atomic E-state index is 5.95. The quantitative estimate of drug-likeness (QED) is 0.629. The van der Waals surface area contributed by atoms with Crippen molar-refractivity contribution in [2.24, 2.45) is 0 Å². The van der Waals surface area contributed by atoms with E-state index >= 15 is 0 Å². The van der Waals surface area contributed by atoms with Crippen molar-refractivity contribution in [2.75, 3.05) is 5.73 Å². The molecule has 2 N–H and O–H groups in total. The second-order valence-corrected chi connectivity index (χ2v) is 4.02. The van der Waals surface area contributed by atoms with Gasteiger partial charge in [0.25, 0.3) is 0 Å². The summed E-state index contributed by atoms with van der Waals surface area (Å²) in [5.74, 6) is 0.307. The minimum Gasteiger partial charge on any atom is -0.368 e. The zero-order valence-corrected chi connectivity index (χ0v) is 8.62. The fourth-order valence-corrected chi connectivity index (χ4v) is 2.08. The maximum absolute atomic E-state index is 5.95. The number of halogens is 1. The van der Waals surface area contributed by atoms with Crippen molar-refractivity contribution >= 4 is 17.5 Å². The number of hydrogen-bond acceptors (Lipinski definition) is 3. The number of nitrogens with two attached hydrogens (primary N) is 1. The molecule has 0 aliphatic heterocycles. The third kappa shape index (κ3) is 1.27. The van der Waals surface area contributed by atoms with E-state index in [-0.39, 0.29) is 0 Å². The Bertz CT molecular complexity index is 502. The molecule has 1 aromatic carbocycles. The Morgan fingerprint density at radius 1 is 1.27 bits per heavy atom. The first kappa shape index (κ1) is 8.68. The first-order chi connectivity index (χ1) is 7.24. The van der Waals surface area contributed by atoms with Crippen LogP contribution in [0.2, 0.25) is 5.02 Å². The molecule has 1 aromatic heterocycles. The third-order valence-corrected chi connectivity index (χ3v) is 2.83. The normalized spacial score (nSPS) is 12.3. The van der Waals surface area contributed by atoms with Crippen LogP contribution >= 0.6 is 11.6 Å². The van der Waals surface area contributed by atoms with Gasteiger partial charge in [-0.25, -0.2) is 9.97 Å². The second-order valence-electron chi connectivity index (χ2n) is 3.58. The number of rotatable bonds is 0. The number of nitrogen functional groups attached to an aromatic ring is 1. The van der Waals surface area contributed by atoms with E-state index in [1.54, 1.807) is 6.20 Å². The SMILES string of the molecule is Nc1ncc2c(n1)-c1cc(Cl)ccc1C2. The van der Waals surface area contributed by atoms with Crippen LogP contribution in [0.1, 0.15) is 11.1 Å². The van der Waals surface area contributed by atoms with E-state index in [2.05, 4.69) is 9.97 Å². The predicted octanol–water partition coefficient (Wildman–Crippen LogP) is 2.28. The second kappa shape index (κ2) is 2.94. The Morgan fingerprint density at radius 3 is 3.00 bits per heavy atom. The highest BCUT2D eigenvalue weighted by Crippen LogP contribution is 2.36. The highest BCUT2D eigenvalue weighted by Gasteiger charge is 2.20. The van der Waals surface area contributed by atoms with Gasteiger partial charge in [0.1, 0.15) is 0 Å². The van der Waals surface area contributed by atoms with Gasteiger partial charge in [-0.3, -0.25) is 0 Å². The summed E-state index contributed by atoms with van der Waals surface area (Å²) in [6, 6.07) is 5.84. The zero-order chi connectivity index (χ0) is 10.4. The van der Waals surface area contributed by atoms with Crippen molar-refractivity contribution in [3.05, 3.63) is 40.5 Å². The number of benzene rings is 1. The standard InChI is InChI=1S/C11H8ClN3/c12-8-2-1-6-3-7-5-14-11(13)15-10(7)9(6)4-8/h1-2,4-5H,3H2,(H2,13,14,15). The van der Waals surface area contributed by atoms with E-state index in [9.17, 15) is 0 Å². The largest absolute Gasteiger partial charge is 0.368 e. The molecule has 15 heavy (non-hydrogen) atoms. The van der Waals surface area contributed by atoms with Gasteiger partial charge in [0.2, 0.25) is 5.95 Å². The summed E-state index contributed by atoms with van der Waals surface area (Å²) in [6.07, 6.45) is 2.65. The molecule has 0 radical (unpaired) electrons. The first-order valence-corrected chi connectivity index (χ1v) is 5.02. The summed E-state index contributed by atoms with van der Waals surface area (Å²) in [5.41, 5.74) is 9.91. The number of hydrogen-bond donors (Lipinski definition) is 1. The summed E-state index contributed by atoms with van der Waals surface area (Å²) >= 11 is 5.95. The highest BCUT2D eigenvalue weighted by atomic mass is 35.5. The van der Waals surface area contributed by atoms with Crippen LogP contribution in [0, 0.1) is 0 Å². The van der Waals surface area contributed by atoms with E-state index in [1.165, 1.54) is 5.56 Å². The molecule has 3 rings (SSSR count).